The van der Waals surface area contributed by atoms with Gasteiger partial charge in [-0.3, -0.25) is 19.3 Å². The van der Waals surface area contributed by atoms with Crippen LogP contribution in [0.15, 0.2) is 72.9 Å². The molecule has 3 amide bonds. The second kappa shape index (κ2) is 11.8. The van der Waals surface area contributed by atoms with Crippen molar-refractivity contribution in [3.8, 4) is 0 Å². The van der Waals surface area contributed by atoms with Gasteiger partial charge in [0, 0.05) is 25.1 Å². The van der Waals surface area contributed by atoms with Crippen molar-refractivity contribution in [2.24, 2.45) is 0 Å². The van der Waals surface area contributed by atoms with E-state index in [1.54, 1.807) is 32.0 Å². The SMILES string of the molecule is CC(C)NC(=O)[C@@H](c1ccc(F)cc1)N(C(=O)CCC(=O)Nc1ccccn1)c1ccccc1F. The molecule has 1 atom stereocenters. The molecule has 0 saturated heterocycles. The molecule has 0 spiro atoms. The van der Waals surface area contributed by atoms with E-state index in [0.717, 1.165) is 17.0 Å². The lowest BCUT2D eigenvalue weighted by Crippen LogP contribution is -2.46. The molecule has 3 rings (SSSR count). The summed E-state index contributed by atoms with van der Waals surface area (Å²) in [7, 11) is 0. The third-order valence-electron chi connectivity index (χ3n) is 5.00. The molecule has 0 fully saturated rings. The number of anilines is 2. The number of halogens is 2. The lowest BCUT2D eigenvalue weighted by molar-refractivity contribution is -0.127. The lowest BCUT2D eigenvalue weighted by Gasteiger charge is -2.32. The molecule has 0 unspecified atom stereocenters. The summed E-state index contributed by atoms with van der Waals surface area (Å²) in [5, 5.41) is 5.33. The summed E-state index contributed by atoms with van der Waals surface area (Å²) in [4.78, 5) is 44.1. The van der Waals surface area contributed by atoms with Crippen molar-refractivity contribution >= 4 is 29.2 Å². The van der Waals surface area contributed by atoms with E-state index in [-0.39, 0.29) is 24.6 Å². The van der Waals surface area contributed by atoms with Crippen LogP contribution < -0.4 is 15.5 Å². The predicted molar refractivity (Wildman–Crippen MR) is 128 cm³/mol. The van der Waals surface area contributed by atoms with Gasteiger partial charge in [0.15, 0.2) is 0 Å². The molecular weight excluding hydrogens is 454 g/mol. The molecular formula is C26H26F2N4O3. The molecule has 1 aromatic heterocycles. The molecule has 0 saturated carbocycles. The monoisotopic (exact) mass is 480 g/mol. The highest BCUT2D eigenvalue weighted by atomic mass is 19.1. The Hall–Kier alpha value is -4.14. The number of hydrogen-bond acceptors (Lipinski definition) is 4. The van der Waals surface area contributed by atoms with Crippen LogP contribution in [0.25, 0.3) is 0 Å². The van der Waals surface area contributed by atoms with Crippen molar-refractivity contribution in [2.75, 3.05) is 10.2 Å². The van der Waals surface area contributed by atoms with Crippen LogP contribution in [0.5, 0.6) is 0 Å². The van der Waals surface area contributed by atoms with Crippen molar-refractivity contribution < 1.29 is 23.2 Å². The molecule has 0 aliphatic heterocycles. The Bertz CT molecular complexity index is 1170. The van der Waals surface area contributed by atoms with E-state index in [4.69, 9.17) is 0 Å². The zero-order chi connectivity index (χ0) is 25.4. The van der Waals surface area contributed by atoms with Crippen molar-refractivity contribution in [1.29, 1.82) is 0 Å². The number of nitrogens with zero attached hydrogens (tertiary/aromatic N) is 2. The summed E-state index contributed by atoms with van der Waals surface area (Å²) in [6.45, 7) is 3.49. The van der Waals surface area contributed by atoms with Gasteiger partial charge in [0.05, 0.1) is 5.69 Å². The Morgan fingerprint density at radius 2 is 1.60 bits per heavy atom. The lowest BCUT2D eigenvalue weighted by atomic mass is 10.0. The average molecular weight is 481 g/mol. The summed E-state index contributed by atoms with van der Waals surface area (Å²) in [5.41, 5.74) is 0.162. The summed E-state index contributed by atoms with van der Waals surface area (Å²) >= 11 is 0. The van der Waals surface area contributed by atoms with Gasteiger partial charge < -0.3 is 10.6 Å². The molecule has 7 nitrogen and oxygen atoms in total. The Morgan fingerprint density at radius 1 is 0.914 bits per heavy atom. The second-order valence-corrected chi connectivity index (χ2v) is 8.10. The van der Waals surface area contributed by atoms with Gasteiger partial charge in [-0.25, -0.2) is 13.8 Å². The van der Waals surface area contributed by atoms with Crippen molar-refractivity contribution in [3.63, 3.8) is 0 Å². The maximum absolute atomic E-state index is 14.9. The number of carbonyl (C=O) groups is 3. The molecule has 2 aromatic carbocycles. The minimum Gasteiger partial charge on any atom is -0.352 e. The maximum Gasteiger partial charge on any atom is 0.248 e. The zero-order valence-corrected chi connectivity index (χ0v) is 19.4. The number of para-hydroxylation sites is 1. The zero-order valence-electron chi connectivity index (χ0n) is 19.4. The molecule has 0 aliphatic rings. The van der Waals surface area contributed by atoms with E-state index >= 15 is 0 Å². The Morgan fingerprint density at radius 3 is 2.23 bits per heavy atom. The first-order valence-corrected chi connectivity index (χ1v) is 11.1. The van der Waals surface area contributed by atoms with Crippen molar-refractivity contribution in [2.45, 2.75) is 38.8 Å². The number of rotatable bonds is 9. The van der Waals surface area contributed by atoms with Crippen LogP contribution in [0.2, 0.25) is 0 Å². The fraction of sp³-hybridized carbons (Fsp3) is 0.231. The third-order valence-corrected chi connectivity index (χ3v) is 5.00. The minimum absolute atomic E-state index is 0.129. The first kappa shape index (κ1) is 25.5. The number of hydrogen-bond donors (Lipinski definition) is 2. The van der Waals surface area contributed by atoms with Crippen molar-refractivity contribution in [3.05, 3.63) is 90.1 Å². The van der Waals surface area contributed by atoms with Gasteiger partial charge in [0.25, 0.3) is 0 Å². The summed E-state index contributed by atoms with van der Waals surface area (Å²) in [5.74, 6) is -2.59. The van der Waals surface area contributed by atoms with E-state index in [1.165, 1.54) is 42.6 Å². The smallest absolute Gasteiger partial charge is 0.248 e. The van der Waals surface area contributed by atoms with Gasteiger partial charge in [-0.2, -0.15) is 0 Å². The highest BCUT2D eigenvalue weighted by Gasteiger charge is 2.34. The summed E-state index contributed by atoms with van der Waals surface area (Å²) in [6, 6.07) is 14.1. The molecule has 0 radical (unpaired) electrons. The van der Waals surface area contributed by atoms with Gasteiger partial charge in [-0.1, -0.05) is 30.3 Å². The van der Waals surface area contributed by atoms with E-state index < -0.39 is 35.4 Å². The highest BCUT2D eigenvalue weighted by Crippen LogP contribution is 2.31. The first-order valence-electron chi connectivity index (χ1n) is 11.1. The van der Waals surface area contributed by atoms with Gasteiger partial charge in [-0.05, 0) is 55.8 Å². The van der Waals surface area contributed by atoms with Gasteiger partial charge in [0.1, 0.15) is 23.5 Å². The largest absolute Gasteiger partial charge is 0.352 e. The molecule has 35 heavy (non-hydrogen) atoms. The Kier molecular flexibility index (Phi) is 8.61. The van der Waals surface area contributed by atoms with Gasteiger partial charge in [0.2, 0.25) is 17.7 Å². The molecule has 1 heterocycles. The van der Waals surface area contributed by atoms with Crippen LogP contribution in [0.1, 0.15) is 38.3 Å². The second-order valence-electron chi connectivity index (χ2n) is 8.10. The van der Waals surface area contributed by atoms with E-state index in [1.807, 2.05) is 0 Å². The quantitative estimate of drug-likeness (QED) is 0.476. The summed E-state index contributed by atoms with van der Waals surface area (Å²) < 4.78 is 28.5. The number of carbonyl (C=O) groups excluding carboxylic acids is 3. The van der Waals surface area contributed by atoms with Gasteiger partial charge in [-0.15, -0.1) is 0 Å². The number of pyridine rings is 1. The Labute approximate surface area is 202 Å². The maximum atomic E-state index is 14.9. The number of amides is 3. The van der Waals surface area contributed by atoms with E-state index in [0.29, 0.717) is 11.4 Å². The van der Waals surface area contributed by atoms with Crippen LogP contribution in [0.4, 0.5) is 20.3 Å². The molecule has 3 aromatic rings. The molecule has 9 heteroatoms. The first-order chi connectivity index (χ1) is 16.8. The number of benzene rings is 2. The van der Waals surface area contributed by atoms with Crippen LogP contribution in [0.3, 0.4) is 0 Å². The highest BCUT2D eigenvalue weighted by molar-refractivity contribution is 6.03. The normalized spacial score (nSPS) is 11.6. The standard InChI is InChI=1S/C26H26F2N4O3/c1-17(2)30-26(35)25(18-10-12-19(27)13-11-18)32(21-8-4-3-7-20(21)28)24(34)15-14-23(33)31-22-9-5-6-16-29-22/h3-13,16-17,25H,14-15H2,1-2H3,(H,30,35)(H,29,31,33)/t25-/m1/s1. The molecule has 0 bridgehead atoms. The molecule has 182 valence electrons. The van der Waals surface area contributed by atoms with Crippen molar-refractivity contribution in [1.82, 2.24) is 10.3 Å². The number of aromatic nitrogens is 1. The van der Waals surface area contributed by atoms with Crippen LogP contribution in [0, 0.1) is 11.6 Å². The average Bonchev–Trinajstić information content (AvgIpc) is 2.82. The molecule has 0 aliphatic carbocycles. The third kappa shape index (κ3) is 6.92. The topological polar surface area (TPSA) is 91.4 Å². The van der Waals surface area contributed by atoms with Crippen LogP contribution in [-0.2, 0) is 14.4 Å². The summed E-state index contributed by atoms with van der Waals surface area (Å²) in [6.07, 6.45) is 0.989. The predicted octanol–water partition coefficient (Wildman–Crippen LogP) is 4.38. The van der Waals surface area contributed by atoms with Crippen LogP contribution >= 0.6 is 0 Å². The molecule has 2 N–H and O–H groups in total. The van der Waals surface area contributed by atoms with E-state index in [9.17, 15) is 23.2 Å². The number of nitrogens with one attached hydrogen (secondary N) is 2. The fourth-order valence-electron chi connectivity index (χ4n) is 3.47. The van der Waals surface area contributed by atoms with Gasteiger partial charge >= 0.3 is 0 Å². The minimum atomic E-state index is -1.29. The fourth-order valence-corrected chi connectivity index (χ4v) is 3.47. The van der Waals surface area contributed by atoms with E-state index in [2.05, 4.69) is 15.6 Å². The Balaban J connectivity index is 1.94. The van der Waals surface area contributed by atoms with Crippen LogP contribution in [-0.4, -0.2) is 28.7 Å².